The fourth-order valence-corrected chi connectivity index (χ4v) is 4.25. The molecule has 104 valence electrons. The van der Waals surface area contributed by atoms with Gasteiger partial charge >= 0.3 is 0 Å². The monoisotopic (exact) mass is 309 g/mol. The van der Waals surface area contributed by atoms with Crippen molar-refractivity contribution < 1.29 is 13.5 Å². The molecule has 0 aliphatic carbocycles. The molecule has 1 heterocycles. The zero-order chi connectivity index (χ0) is 14.5. The molecule has 1 atom stereocenters. The summed E-state index contributed by atoms with van der Waals surface area (Å²) in [6.45, 7) is 0. The Morgan fingerprint density at radius 1 is 1.15 bits per heavy atom. The van der Waals surface area contributed by atoms with Crippen LogP contribution in [0.1, 0.15) is 17.2 Å². The maximum absolute atomic E-state index is 12.6. The third-order valence-corrected chi connectivity index (χ3v) is 5.65. The quantitative estimate of drug-likeness (QED) is 0.813. The van der Waals surface area contributed by atoms with E-state index in [4.69, 9.17) is 11.6 Å². The van der Waals surface area contributed by atoms with Crippen molar-refractivity contribution in [2.24, 2.45) is 0 Å². The molecule has 20 heavy (non-hydrogen) atoms. The number of hydrogen-bond donors (Lipinski definition) is 1. The van der Waals surface area contributed by atoms with Gasteiger partial charge in [-0.05, 0) is 18.2 Å². The first kappa shape index (κ1) is 13.4. The van der Waals surface area contributed by atoms with Crippen LogP contribution in [0.4, 0.5) is 5.69 Å². The number of anilines is 1. The highest BCUT2D eigenvalue weighted by Gasteiger charge is 2.35. The van der Waals surface area contributed by atoms with Gasteiger partial charge in [0.1, 0.15) is 6.10 Å². The molecule has 0 radical (unpaired) electrons. The minimum atomic E-state index is -3.74. The molecular formula is C14H12ClNO3S. The van der Waals surface area contributed by atoms with Crippen LogP contribution < -0.4 is 4.31 Å². The van der Waals surface area contributed by atoms with Gasteiger partial charge in [0.2, 0.25) is 0 Å². The van der Waals surface area contributed by atoms with Crippen molar-refractivity contribution in [3.8, 4) is 0 Å². The predicted octanol–water partition coefficient (Wildman–Crippen LogP) is 2.56. The van der Waals surface area contributed by atoms with Crippen LogP contribution in [-0.4, -0.2) is 20.6 Å². The number of halogens is 1. The van der Waals surface area contributed by atoms with Crippen molar-refractivity contribution in [3.05, 3.63) is 58.6 Å². The summed E-state index contributed by atoms with van der Waals surface area (Å²) in [5, 5.41) is 10.8. The average molecular weight is 310 g/mol. The van der Waals surface area contributed by atoms with Gasteiger partial charge in [0.15, 0.2) is 0 Å². The molecule has 0 amide bonds. The average Bonchev–Trinajstić information content (AvgIpc) is 2.50. The molecule has 6 heteroatoms. The van der Waals surface area contributed by atoms with Crippen LogP contribution in [0.3, 0.4) is 0 Å². The fraction of sp³-hybridized carbons (Fsp3) is 0.143. The van der Waals surface area contributed by atoms with Crippen LogP contribution in [0, 0.1) is 0 Å². The Hall–Kier alpha value is -1.56. The Balaban J connectivity index is 2.45. The summed E-state index contributed by atoms with van der Waals surface area (Å²) in [6, 6.07) is 11.4. The lowest BCUT2D eigenvalue weighted by molar-refractivity contribution is 0.218. The summed E-state index contributed by atoms with van der Waals surface area (Å²) in [7, 11) is -2.27. The molecule has 0 aromatic heterocycles. The molecule has 1 N–H and O–H groups in total. The van der Waals surface area contributed by atoms with E-state index in [9.17, 15) is 13.5 Å². The van der Waals surface area contributed by atoms with E-state index in [0.717, 1.165) is 0 Å². The Labute approximate surface area is 122 Å². The number of fused-ring (bicyclic) bond motifs is 2. The van der Waals surface area contributed by atoms with Gasteiger partial charge in [-0.3, -0.25) is 4.31 Å². The molecular weight excluding hydrogens is 298 g/mol. The van der Waals surface area contributed by atoms with Gasteiger partial charge in [-0.15, -0.1) is 0 Å². The van der Waals surface area contributed by atoms with Crippen molar-refractivity contribution in [1.82, 2.24) is 0 Å². The van der Waals surface area contributed by atoms with E-state index >= 15 is 0 Å². The summed E-state index contributed by atoms with van der Waals surface area (Å²) in [5.74, 6) is 0. The molecule has 1 unspecified atom stereocenters. The first-order chi connectivity index (χ1) is 9.44. The predicted molar refractivity (Wildman–Crippen MR) is 77.5 cm³/mol. The van der Waals surface area contributed by atoms with Crippen molar-refractivity contribution in [2.75, 3.05) is 11.4 Å². The molecule has 0 fully saturated rings. The Morgan fingerprint density at radius 3 is 2.60 bits per heavy atom. The minimum Gasteiger partial charge on any atom is -0.383 e. The summed E-state index contributed by atoms with van der Waals surface area (Å²) < 4.78 is 26.5. The fourth-order valence-electron chi connectivity index (χ4n) is 2.45. The van der Waals surface area contributed by atoms with Crippen molar-refractivity contribution in [2.45, 2.75) is 11.0 Å². The van der Waals surface area contributed by atoms with E-state index in [2.05, 4.69) is 0 Å². The van der Waals surface area contributed by atoms with Crippen LogP contribution in [0.2, 0.25) is 5.02 Å². The highest BCUT2D eigenvalue weighted by molar-refractivity contribution is 7.92. The maximum Gasteiger partial charge on any atom is 0.264 e. The van der Waals surface area contributed by atoms with Crippen LogP contribution in [0.15, 0.2) is 47.4 Å². The molecule has 1 aliphatic heterocycles. The van der Waals surface area contributed by atoms with Crippen molar-refractivity contribution in [1.29, 1.82) is 0 Å². The van der Waals surface area contributed by atoms with Gasteiger partial charge in [0, 0.05) is 23.2 Å². The van der Waals surface area contributed by atoms with Gasteiger partial charge in [-0.1, -0.05) is 35.9 Å². The second-order valence-electron chi connectivity index (χ2n) is 4.59. The highest BCUT2D eigenvalue weighted by Crippen LogP contribution is 2.42. The van der Waals surface area contributed by atoms with E-state index in [1.807, 2.05) is 0 Å². The number of para-hydroxylation sites is 1. The molecule has 0 saturated carbocycles. The molecule has 0 spiro atoms. The normalized spacial score (nSPS) is 19.9. The highest BCUT2D eigenvalue weighted by atomic mass is 35.5. The number of benzene rings is 2. The zero-order valence-electron chi connectivity index (χ0n) is 10.6. The van der Waals surface area contributed by atoms with Crippen LogP contribution >= 0.6 is 11.6 Å². The lowest BCUT2D eigenvalue weighted by Gasteiger charge is -2.19. The van der Waals surface area contributed by atoms with Crippen molar-refractivity contribution >= 4 is 27.3 Å². The van der Waals surface area contributed by atoms with Crippen LogP contribution in [0.5, 0.6) is 0 Å². The molecule has 0 bridgehead atoms. The molecule has 1 aliphatic rings. The molecule has 2 aromatic carbocycles. The topological polar surface area (TPSA) is 57.6 Å². The molecule has 4 nitrogen and oxygen atoms in total. The molecule has 0 saturated heterocycles. The Bertz CT molecular complexity index is 789. The van der Waals surface area contributed by atoms with E-state index in [-0.39, 0.29) is 15.5 Å². The Morgan fingerprint density at radius 2 is 1.85 bits per heavy atom. The van der Waals surface area contributed by atoms with E-state index in [1.54, 1.807) is 36.4 Å². The van der Waals surface area contributed by atoms with Crippen LogP contribution in [0.25, 0.3) is 0 Å². The van der Waals surface area contributed by atoms with Crippen LogP contribution in [-0.2, 0) is 10.0 Å². The minimum absolute atomic E-state index is 0.0381. The summed E-state index contributed by atoms with van der Waals surface area (Å²) in [5.41, 5.74) is 1.20. The van der Waals surface area contributed by atoms with Gasteiger partial charge < -0.3 is 5.11 Å². The second-order valence-corrected chi connectivity index (χ2v) is 6.93. The maximum atomic E-state index is 12.6. The first-order valence-electron chi connectivity index (χ1n) is 5.99. The van der Waals surface area contributed by atoms with Gasteiger partial charge in [-0.25, -0.2) is 8.42 Å². The number of nitrogens with zero attached hydrogens (tertiary/aromatic N) is 1. The molecule has 3 rings (SSSR count). The van der Waals surface area contributed by atoms with E-state index in [0.29, 0.717) is 11.3 Å². The van der Waals surface area contributed by atoms with E-state index < -0.39 is 16.1 Å². The third-order valence-electron chi connectivity index (χ3n) is 3.50. The number of rotatable bonds is 0. The summed E-state index contributed by atoms with van der Waals surface area (Å²) >= 11 is 6.11. The number of aliphatic hydroxyl groups is 1. The lowest BCUT2D eigenvalue weighted by atomic mass is 10.00. The smallest absolute Gasteiger partial charge is 0.264 e. The van der Waals surface area contributed by atoms with E-state index in [1.165, 1.54) is 17.4 Å². The SMILES string of the molecule is CN1c2ccccc2C(O)c2c(Cl)cccc2S1(=O)=O. The van der Waals surface area contributed by atoms with Crippen molar-refractivity contribution in [3.63, 3.8) is 0 Å². The number of hydrogen-bond acceptors (Lipinski definition) is 3. The van der Waals surface area contributed by atoms with Gasteiger partial charge in [0.25, 0.3) is 10.0 Å². The third kappa shape index (κ3) is 1.74. The first-order valence-corrected chi connectivity index (χ1v) is 7.80. The summed E-state index contributed by atoms with van der Waals surface area (Å²) in [6.07, 6.45) is -1.07. The standard InChI is InChI=1S/C14H12ClNO3S/c1-16-11-7-3-2-5-9(11)14(17)13-10(15)6-4-8-12(13)20(16,18)19/h2-8,14,17H,1H3. The second kappa shape index (κ2) is 4.48. The summed E-state index contributed by atoms with van der Waals surface area (Å²) in [4.78, 5) is 0.0381. The number of aliphatic hydroxyl groups excluding tert-OH is 1. The van der Waals surface area contributed by atoms with Gasteiger partial charge in [-0.2, -0.15) is 0 Å². The Kier molecular flexibility index (Phi) is 3.01. The lowest BCUT2D eigenvalue weighted by Crippen LogP contribution is -2.26. The van der Waals surface area contributed by atoms with Gasteiger partial charge in [0.05, 0.1) is 10.6 Å². The molecule has 2 aromatic rings. The number of sulfonamides is 1. The largest absolute Gasteiger partial charge is 0.383 e. The zero-order valence-corrected chi connectivity index (χ0v) is 12.2.